The standard InChI is InChI=1S/C14H14BFO3/c1-10-12(16)7-8-13(14(10)15(17)18)19-9-11-5-3-2-4-6-11/h2-8,17-18H,9H2,1H3. The first kappa shape index (κ1) is 13.6. The van der Waals surface area contributed by atoms with Crippen LogP contribution in [0.15, 0.2) is 42.5 Å². The van der Waals surface area contributed by atoms with Gasteiger partial charge in [-0.1, -0.05) is 30.3 Å². The SMILES string of the molecule is Cc1c(F)ccc(OCc2ccccc2)c1B(O)O. The van der Waals surface area contributed by atoms with Gasteiger partial charge in [-0.05, 0) is 30.2 Å². The summed E-state index contributed by atoms with van der Waals surface area (Å²) in [6, 6.07) is 12.1. The Bertz CT molecular complexity index is 558. The van der Waals surface area contributed by atoms with Crippen molar-refractivity contribution in [2.45, 2.75) is 13.5 Å². The molecule has 98 valence electrons. The summed E-state index contributed by atoms with van der Waals surface area (Å²) < 4.78 is 18.9. The van der Waals surface area contributed by atoms with Gasteiger partial charge >= 0.3 is 7.12 Å². The number of halogens is 1. The van der Waals surface area contributed by atoms with Crippen LogP contribution in [0.5, 0.6) is 5.75 Å². The molecule has 3 nitrogen and oxygen atoms in total. The third-order valence-corrected chi connectivity index (χ3v) is 2.90. The molecular weight excluding hydrogens is 246 g/mol. The van der Waals surface area contributed by atoms with Gasteiger partial charge in [0.2, 0.25) is 0 Å². The van der Waals surface area contributed by atoms with E-state index in [0.29, 0.717) is 0 Å². The van der Waals surface area contributed by atoms with Crippen LogP contribution in [0.1, 0.15) is 11.1 Å². The monoisotopic (exact) mass is 260 g/mol. The van der Waals surface area contributed by atoms with Crippen LogP contribution >= 0.6 is 0 Å². The largest absolute Gasteiger partial charge is 0.492 e. The lowest BCUT2D eigenvalue weighted by Crippen LogP contribution is -2.34. The fourth-order valence-corrected chi connectivity index (χ4v) is 1.86. The Balaban J connectivity index is 2.23. The van der Waals surface area contributed by atoms with Crippen LogP contribution < -0.4 is 10.2 Å². The Kier molecular flexibility index (Phi) is 4.19. The second-order valence-corrected chi connectivity index (χ2v) is 4.23. The quantitative estimate of drug-likeness (QED) is 0.817. The Morgan fingerprint density at radius 1 is 1.11 bits per heavy atom. The molecule has 0 aliphatic carbocycles. The summed E-state index contributed by atoms with van der Waals surface area (Å²) in [4.78, 5) is 0. The highest BCUT2D eigenvalue weighted by atomic mass is 19.1. The zero-order valence-corrected chi connectivity index (χ0v) is 10.5. The van der Waals surface area contributed by atoms with E-state index >= 15 is 0 Å². The van der Waals surface area contributed by atoms with Gasteiger partial charge in [0, 0.05) is 5.46 Å². The summed E-state index contributed by atoms with van der Waals surface area (Å²) in [7, 11) is -1.76. The van der Waals surface area contributed by atoms with Crippen molar-refractivity contribution in [1.82, 2.24) is 0 Å². The third kappa shape index (κ3) is 3.13. The van der Waals surface area contributed by atoms with E-state index in [1.54, 1.807) is 0 Å². The van der Waals surface area contributed by atoms with Crippen LogP contribution in [0.25, 0.3) is 0 Å². The fraction of sp³-hybridized carbons (Fsp3) is 0.143. The van der Waals surface area contributed by atoms with Crippen molar-refractivity contribution in [3.63, 3.8) is 0 Å². The maximum absolute atomic E-state index is 13.4. The maximum Gasteiger partial charge on any atom is 0.492 e. The minimum absolute atomic E-state index is 0.0657. The van der Waals surface area contributed by atoms with Crippen molar-refractivity contribution in [1.29, 1.82) is 0 Å². The third-order valence-electron chi connectivity index (χ3n) is 2.90. The molecular formula is C14H14BFO3. The number of hydrogen-bond donors (Lipinski definition) is 2. The molecule has 0 bridgehead atoms. The number of rotatable bonds is 4. The van der Waals surface area contributed by atoms with Crippen molar-refractivity contribution in [2.75, 3.05) is 0 Å². The van der Waals surface area contributed by atoms with E-state index < -0.39 is 12.9 Å². The van der Waals surface area contributed by atoms with Crippen molar-refractivity contribution in [2.24, 2.45) is 0 Å². The average molecular weight is 260 g/mol. The summed E-state index contributed by atoms with van der Waals surface area (Å²) in [5.41, 5.74) is 1.19. The van der Waals surface area contributed by atoms with E-state index in [1.165, 1.54) is 19.1 Å². The zero-order chi connectivity index (χ0) is 13.8. The molecule has 0 aromatic heterocycles. The molecule has 2 rings (SSSR count). The first-order valence-electron chi connectivity index (χ1n) is 5.91. The van der Waals surface area contributed by atoms with Gasteiger partial charge in [0.1, 0.15) is 18.2 Å². The molecule has 0 saturated carbocycles. The molecule has 2 aromatic carbocycles. The van der Waals surface area contributed by atoms with Gasteiger partial charge in [0.15, 0.2) is 0 Å². The lowest BCUT2D eigenvalue weighted by atomic mass is 9.76. The smallest absolute Gasteiger partial charge is 0.489 e. The summed E-state index contributed by atoms with van der Waals surface area (Å²) in [6.07, 6.45) is 0. The first-order chi connectivity index (χ1) is 9.09. The Labute approximate surface area is 111 Å². The molecule has 0 radical (unpaired) electrons. The second kappa shape index (κ2) is 5.86. The molecule has 0 spiro atoms. The molecule has 5 heteroatoms. The van der Waals surface area contributed by atoms with Crippen LogP contribution in [0.4, 0.5) is 4.39 Å². The molecule has 0 atom stereocenters. The summed E-state index contributed by atoms with van der Waals surface area (Å²) >= 11 is 0. The van der Waals surface area contributed by atoms with Crippen LogP contribution in [-0.2, 0) is 6.61 Å². The summed E-state index contributed by atoms with van der Waals surface area (Å²) in [6.45, 7) is 1.77. The minimum atomic E-state index is -1.76. The lowest BCUT2D eigenvalue weighted by Gasteiger charge is -2.14. The highest BCUT2D eigenvalue weighted by Gasteiger charge is 2.22. The highest BCUT2D eigenvalue weighted by molar-refractivity contribution is 6.60. The molecule has 19 heavy (non-hydrogen) atoms. The molecule has 0 fully saturated rings. The molecule has 2 aromatic rings. The fourth-order valence-electron chi connectivity index (χ4n) is 1.86. The number of hydrogen-bond acceptors (Lipinski definition) is 3. The van der Waals surface area contributed by atoms with E-state index in [9.17, 15) is 14.4 Å². The highest BCUT2D eigenvalue weighted by Crippen LogP contribution is 2.16. The van der Waals surface area contributed by atoms with Crippen molar-refractivity contribution < 1.29 is 19.2 Å². The van der Waals surface area contributed by atoms with Gasteiger partial charge in [-0.3, -0.25) is 0 Å². The Hall–Kier alpha value is -1.85. The topological polar surface area (TPSA) is 49.7 Å². The molecule has 0 aliphatic heterocycles. The second-order valence-electron chi connectivity index (χ2n) is 4.23. The Morgan fingerprint density at radius 3 is 2.42 bits per heavy atom. The van der Waals surface area contributed by atoms with E-state index in [4.69, 9.17) is 4.74 Å². The van der Waals surface area contributed by atoms with Crippen LogP contribution in [0.2, 0.25) is 0 Å². The minimum Gasteiger partial charge on any atom is -0.489 e. The molecule has 0 unspecified atom stereocenters. The van der Waals surface area contributed by atoms with Gasteiger partial charge in [-0.25, -0.2) is 4.39 Å². The summed E-state index contributed by atoms with van der Waals surface area (Å²) in [5, 5.41) is 18.6. The van der Waals surface area contributed by atoms with Crippen LogP contribution in [0.3, 0.4) is 0 Å². The van der Waals surface area contributed by atoms with Gasteiger partial charge < -0.3 is 14.8 Å². The molecule has 0 aliphatic rings. The van der Waals surface area contributed by atoms with E-state index in [2.05, 4.69) is 0 Å². The zero-order valence-electron chi connectivity index (χ0n) is 10.5. The van der Waals surface area contributed by atoms with Crippen LogP contribution in [0, 0.1) is 12.7 Å². The van der Waals surface area contributed by atoms with Crippen molar-refractivity contribution in [3.8, 4) is 5.75 Å². The van der Waals surface area contributed by atoms with Gasteiger partial charge in [-0.15, -0.1) is 0 Å². The van der Waals surface area contributed by atoms with Gasteiger partial charge in [0.25, 0.3) is 0 Å². The molecule has 0 heterocycles. The number of benzene rings is 2. The molecule has 2 N–H and O–H groups in total. The normalized spacial score (nSPS) is 10.3. The maximum atomic E-state index is 13.4. The Morgan fingerprint density at radius 2 is 1.79 bits per heavy atom. The molecule has 0 saturated heterocycles. The van der Waals surface area contributed by atoms with Crippen molar-refractivity contribution in [3.05, 3.63) is 59.4 Å². The van der Waals surface area contributed by atoms with E-state index in [1.807, 2.05) is 30.3 Å². The summed E-state index contributed by atoms with van der Waals surface area (Å²) in [5.74, 6) is -0.215. The lowest BCUT2D eigenvalue weighted by molar-refractivity contribution is 0.306. The van der Waals surface area contributed by atoms with Gasteiger partial charge in [0.05, 0.1) is 0 Å². The number of ether oxygens (including phenoxy) is 1. The van der Waals surface area contributed by atoms with Crippen LogP contribution in [-0.4, -0.2) is 17.2 Å². The first-order valence-corrected chi connectivity index (χ1v) is 5.91. The molecule has 0 amide bonds. The predicted octanol–water partition coefficient (Wildman–Crippen LogP) is 1.39. The van der Waals surface area contributed by atoms with E-state index in [-0.39, 0.29) is 23.4 Å². The van der Waals surface area contributed by atoms with Gasteiger partial charge in [-0.2, -0.15) is 0 Å². The predicted molar refractivity (Wildman–Crippen MR) is 71.7 cm³/mol. The van der Waals surface area contributed by atoms with E-state index in [0.717, 1.165) is 5.56 Å². The average Bonchev–Trinajstić information content (AvgIpc) is 2.41. The van der Waals surface area contributed by atoms with Crippen molar-refractivity contribution >= 4 is 12.6 Å².